The van der Waals surface area contributed by atoms with Crippen LogP contribution in [-0.4, -0.2) is 16.7 Å². The molecular formula is C20H22O4. The van der Waals surface area contributed by atoms with Gasteiger partial charge in [0.25, 0.3) is 0 Å². The highest BCUT2D eigenvalue weighted by atomic mass is 17.2. The van der Waals surface area contributed by atoms with Gasteiger partial charge in [0.15, 0.2) is 5.60 Å². The lowest BCUT2D eigenvalue weighted by atomic mass is 9.75. The first-order valence-electron chi connectivity index (χ1n) is 8.07. The first-order valence-corrected chi connectivity index (χ1v) is 8.07. The quantitative estimate of drug-likeness (QED) is 0.877. The predicted octanol–water partition coefficient (Wildman–Crippen LogP) is 3.50. The van der Waals surface area contributed by atoms with Gasteiger partial charge in [0.05, 0.1) is 5.92 Å². The third-order valence-electron chi connectivity index (χ3n) is 4.74. The van der Waals surface area contributed by atoms with Crippen LogP contribution in [0, 0.1) is 12.8 Å². The van der Waals surface area contributed by atoms with Crippen molar-refractivity contribution in [1.29, 1.82) is 0 Å². The molecule has 4 nitrogen and oxygen atoms in total. The van der Waals surface area contributed by atoms with Gasteiger partial charge in [-0.25, -0.2) is 4.89 Å². The molecule has 2 aromatic carbocycles. The fourth-order valence-corrected chi connectivity index (χ4v) is 3.27. The van der Waals surface area contributed by atoms with Crippen LogP contribution in [0.2, 0.25) is 0 Å². The molecule has 1 saturated heterocycles. The Morgan fingerprint density at radius 1 is 1.04 bits per heavy atom. The average molecular weight is 326 g/mol. The topological polar surface area (TPSA) is 55.8 Å². The number of benzene rings is 2. The number of carbonyl (C=O) groups excluding carboxylic acids is 1. The second-order valence-corrected chi connectivity index (χ2v) is 6.65. The Labute approximate surface area is 142 Å². The molecule has 0 aliphatic carbocycles. The van der Waals surface area contributed by atoms with Crippen LogP contribution in [0.25, 0.3) is 0 Å². The summed E-state index contributed by atoms with van der Waals surface area (Å²) in [5.41, 5.74) is 1.97. The first-order chi connectivity index (χ1) is 11.3. The molecule has 4 heteroatoms. The van der Waals surface area contributed by atoms with Crippen molar-refractivity contribution in [3.63, 3.8) is 0 Å². The molecular weight excluding hydrogens is 304 g/mol. The molecule has 1 aliphatic heterocycles. The van der Waals surface area contributed by atoms with Gasteiger partial charge in [-0.05, 0) is 31.9 Å². The van der Waals surface area contributed by atoms with Crippen LogP contribution in [0.4, 0.5) is 0 Å². The fourth-order valence-electron chi connectivity index (χ4n) is 3.27. The van der Waals surface area contributed by atoms with E-state index in [1.54, 1.807) is 0 Å². The highest BCUT2D eigenvalue weighted by Gasteiger charge is 2.52. The van der Waals surface area contributed by atoms with Gasteiger partial charge in [-0.2, -0.15) is 4.89 Å². The fraction of sp³-hybridized carbons (Fsp3) is 0.350. The molecule has 126 valence electrons. The number of aliphatic hydroxyl groups is 1. The lowest BCUT2D eigenvalue weighted by molar-refractivity contribution is -0.487. The smallest absolute Gasteiger partial charge is 0.206 e. The molecule has 3 unspecified atom stereocenters. The molecule has 1 heterocycles. The molecule has 0 aromatic heterocycles. The van der Waals surface area contributed by atoms with Crippen molar-refractivity contribution in [2.75, 3.05) is 0 Å². The SMILES string of the molecule is CC(=O)C1CC(c2ccccc2)(c2ccc(C)cc2)OOC1(C)O. The second-order valence-electron chi connectivity index (χ2n) is 6.65. The highest BCUT2D eigenvalue weighted by molar-refractivity contribution is 5.79. The van der Waals surface area contributed by atoms with E-state index in [2.05, 4.69) is 0 Å². The van der Waals surface area contributed by atoms with Crippen molar-refractivity contribution in [2.24, 2.45) is 5.92 Å². The Morgan fingerprint density at radius 3 is 2.21 bits per heavy atom. The molecule has 0 spiro atoms. The maximum atomic E-state index is 12.1. The van der Waals surface area contributed by atoms with Crippen molar-refractivity contribution >= 4 is 5.78 Å². The molecule has 1 N–H and O–H groups in total. The Hall–Kier alpha value is -2.01. The number of hydrogen-bond donors (Lipinski definition) is 1. The number of carbonyl (C=O) groups is 1. The van der Waals surface area contributed by atoms with E-state index in [1.807, 2.05) is 61.5 Å². The third kappa shape index (κ3) is 2.88. The first kappa shape index (κ1) is 16.8. The lowest BCUT2D eigenvalue weighted by Crippen LogP contribution is -2.53. The van der Waals surface area contributed by atoms with E-state index in [1.165, 1.54) is 13.8 Å². The third-order valence-corrected chi connectivity index (χ3v) is 4.74. The number of aryl methyl sites for hydroxylation is 1. The average Bonchev–Trinajstić information content (AvgIpc) is 2.56. The molecule has 3 rings (SSSR count). The Bertz CT molecular complexity index is 721. The van der Waals surface area contributed by atoms with Crippen LogP contribution >= 0.6 is 0 Å². The molecule has 1 fully saturated rings. The molecule has 0 radical (unpaired) electrons. The molecule has 3 atom stereocenters. The minimum Gasteiger partial charge on any atom is -0.363 e. The summed E-state index contributed by atoms with van der Waals surface area (Å²) in [7, 11) is 0. The van der Waals surface area contributed by atoms with Crippen LogP contribution in [0.15, 0.2) is 54.6 Å². The monoisotopic (exact) mass is 326 g/mol. The van der Waals surface area contributed by atoms with Gasteiger partial charge < -0.3 is 5.11 Å². The summed E-state index contributed by atoms with van der Waals surface area (Å²) < 4.78 is 0. The molecule has 2 aromatic rings. The molecule has 1 aliphatic rings. The van der Waals surface area contributed by atoms with Gasteiger partial charge in [-0.15, -0.1) is 0 Å². The van der Waals surface area contributed by atoms with E-state index >= 15 is 0 Å². The maximum absolute atomic E-state index is 12.1. The van der Waals surface area contributed by atoms with Crippen LogP contribution in [0.3, 0.4) is 0 Å². The highest BCUT2D eigenvalue weighted by Crippen LogP contribution is 2.47. The van der Waals surface area contributed by atoms with Gasteiger partial charge in [-0.3, -0.25) is 4.79 Å². The minimum absolute atomic E-state index is 0.129. The molecule has 0 bridgehead atoms. The number of hydrogen-bond acceptors (Lipinski definition) is 4. The summed E-state index contributed by atoms with van der Waals surface area (Å²) in [5.74, 6) is -2.46. The maximum Gasteiger partial charge on any atom is 0.206 e. The largest absolute Gasteiger partial charge is 0.363 e. The van der Waals surface area contributed by atoms with E-state index in [-0.39, 0.29) is 5.78 Å². The number of Topliss-reactive ketones (excluding diaryl/α,β-unsaturated/α-hetero) is 1. The van der Waals surface area contributed by atoms with Crippen LogP contribution in [0.1, 0.15) is 37.0 Å². The van der Waals surface area contributed by atoms with Crippen molar-refractivity contribution in [2.45, 2.75) is 38.6 Å². The van der Waals surface area contributed by atoms with Crippen molar-refractivity contribution in [3.05, 3.63) is 71.3 Å². The zero-order valence-electron chi connectivity index (χ0n) is 14.2. The molecule has 0 saturated carbocycles. The predicted molar refractivity (Wildman–Crippen MR) is 90.0 cm³/mol. The minimum atomic E-state index is -1.64. The van der Waals surface area contributed by atoms with Crippen LogP contribution in [-0.2, 0) is 20.2 Å². The Balaban J connectivity index is 2.14. The van der Waals surface area contributed by atoms with Crippen molar-refractivity contribution < 1.29 is 19.7 Å². The summed E-state index contributed by atoms with van der Waals surface area (Å²) in [6.45, 7) is 4.95. The lowest BCUT2D eigenvalue weighted by Gasteiger charge is -2.45. The van der Waals surface area contributed by atoms with Crippen molar-refractivity contribution in [1.82, 2.24) is 0 Å². The van der Waals surface area contributed by atoms with Crippen LogP contribution in [0.5, 0.6) is 0 Å². The Morgan fingerprint density at radius 2 is 1.62 bits per heavy atom. The van der Waals surface area contributed by atoms with Gasteiger partial charge in [0, 0.05) is 6.42 Å². The van der Waals surface area contributed by atoms with E-state index in [0.717, 1.165) is 16.7 Å². The standard InChI is InChI=1S/C20H22O4/c1-14-9-11-17(12-10-14)20(16-7-5-4-6-8-16)13-18(15(2)21)19(3,22)23-24-20/h4-12,18,22H,13H2,1-3H3. The van der Waals surface area contributed by atoms with E-state index in [0.29, 0.717) is 6.42 Å². The summed E-state index contributed by atoms with van der Waals surface area (Å²) in [5, 5.41) is 10.4. The molecule has 24 heavy (non-hydrogen) atoms. The summed E-state index contributed by atoms with van der Waals surface area (Å²) in [6.07, 6.45) is 0.308. The van der Waals surface area contributed by atoms with Gasteiger partial charge in [0.1, 0.15) is 5.78 Å². The van der Waals surface area contributed by atoms with E-state index in [4.69, 9.17) is 9.78 Å². The normalized spacial score (nSPS) is 30.1. The summed E-state index contributed by atoms with van der Waals surface area (Å²) in [6, 6.07) is 17.6. The summed E-state index contributed by atoms with van der Waals surface area (Å²) >= 11 is 0. The zero-order valence-corrected chi connectivity index (χ0v) is 14.2. The van der Waals surface area contributed by atoms with Gasteiger partial charge >= 0.3 is 0 Å². The van der Waals surface area contributed by atoms with Gasteiger partial charge in [0.2, 0.25) is 5.79 Å². The van der Waals surface area contributed by atoms with Gasteiger partial charge in [-0.1, -0.05) is 60.2 Å². The van der Waals surface area contributed by atoms with Crippen LogP contribution < -0.4 is 0 Å². The van der Waals surface area contributed by atoms with Crippen molar-refractivity contribution in [3.8, 4) is 0 Å². The van der Waals surface area contributed by atoms with E-state index in [9.17, 15) is 9.90 Å². The zero-order chi connectivity index (χ0) is 17.4. The molecule has 0 amide bonds. The number of ketones is 1. The van der Waals surface area contributed by atoms with E-state index < -0.39 is 17.3 Å². The number of rotatable bonds is 3. The summed E-state index contributed by atoms with van der Waals surface area (Å²) in [4.78, 5) is 23.2. The second kappa shape index (κ2) is 6.13. The Kier molecular flexibility index (Phi) is 4.30.